The third kappa shape index (κ3) is 2.47. The Kier molecular flexibility index (Phi) is 2.87. The number of hydrogen-bond acceptors (Lipinski definition) is 4. The molecule has 0 fully saturated rings. The number of nitrogens with one attached hydrogen (secondary N) is 1. The van der Waals surface area contributed by atoms with E-state index in [9.17, 15) is 0 Å². The van der Waals surface area contributed by atoms with Crippen LogP contribution in [-0.2, 0) is 13.1 Å². The minimum Gasteiger partial charge on any atom is -0.468 e. The molecule has 0 amide bonds. The normalized spacial score (nSPS) is 10.8. The largest absolute Gasteiger partial charge is 0.468 e. The lowest BCUT2D eigenvalue weighted by Gasteiger charge is -1.99. The molecule has 4 nitrogen and oxygen atoms in total. The molecule has 80 valence electrons. The van der Waals surface area contributed by atoms with Gasteiger partial charge in [0, 0.05) is 0 Å². The minimum absolute atomic E-state index is 0.619. The van der Waals surface area contributed by atoms with Crippen LogP contribution in [0.2, 0.25) is 0 Å². The highest BCUT2D eigenvalue weighted by Gasteiger charge is 2.03. The number of hydrogen-bond donors (Lipinski definition) is 1. The SMILES string of the molecule is Cc1cnc(CNCc2occc2C)o1. The van der Waals surface area contributed by atoms with Crippen molar-refractivity contribution in [2.45, 2.75) is 26.9 Å². The van der Waals surface area contributed by atoms with Crippen molar-refractivity contribution in [2.75, 3.05) is 0 Å². The summed E-state index contributed by atoms with van der Waals surface area (Å²) in [5.41, 5.74) is 1.16. The van der Waals surface area contributed by atoms with Crippen molar-refractivity contribution in [3.05, 3.63) is 41.5 Å². The molecule has 2 rings (SSSR count). The molecule has 0 aliphatic heterocycles. The van der Waals surface area contributed by atoms with Gasteiger partial charge in [0.25, 0.3) is 0 Å². The van der Waals surface area contributed by atoms with Crippen LogP contribution in [0.3, 0.4) is 0 Å². The maximum atomic E-state index is 5.33. The Morgan fingerprint density at radius 2 is 2.20 bits per heavy atom. The topological polar surface area (TPSA) is 51.2 Å². The Morgan fingerprint density at radius 1 is 1.33 bits per heavy atom. The summed E-state index contributed by atoms with van der Waals surface area (Å²) in [6.07, 6.45) is 3.41. The monoisotopic (exact) mass is 206 g/mol. The summed E-state index contributed by atoms with van der Waals surface area (Å²) in [5.74, 6) is 2.50. The maximum Gasteiger partial charge on any atom is 0.208 e. The van der Waals surface area contributed by atoms with Gasteiger partial charge in [0.2, 0.25) is 5.89 Å². The van der Waals surface area contributed by atoms with Gasteiger partial charge in [-0.2, -0.15) is 0 Å². The molecule has 0 unspecified atom stereocenters. The Balaban J connectivity index is 1.83. The molecule has 1 N–H and O–H groups in total. The molecule has 0 atom stereocenters. The minimum atomic E-state index is 0.619. The zero-order chi connectivity index (χ0) is 10.7. The van der Waals surface area contributed by atoms with E-state index < -0.39 is 0 Å². The van der Waals surface area contributed by atoms with Gasteiger partial charge in [-0.25, -0.2) is 4.98 Å². The van der Waals surface area contributed by atoms with Crippen molar-refractivity contribution in [3.63, 3.8) is 0 Å². The van der Waals surface area contributed by atoms with Crippen molar-refractivity contribution in [1.82, 2.24) is 10.3 Å². The van der Waals surface area contributed by atoms with E-state index in [1.54, 1.807) is 12.5 Å². The predicted molar refractivity (Wildman–Crippen MR) is 55.2 cm³/mol. The van der Waals surface area contributed by atoms with Crippen LogP contribution in [0, 0.1) is 13.8 Å². The van der Waals surface area contributed by atoms with E-state index >= 15 is 0 Å². The van der Waals surface area contributed by atoms with Crippen molar-refractivity contribution in [3.8, 4) is 0 Å². The maximum absolute atomic E-state index is 5.33. The Bertz CT molecular complexity index is 431. The van der Waals surface area contributed by atoms with Crippen LogP contribution < -0.4 is 5.32 Å². The average molecular weight is 206 g/mol. The molecule has 0 spiro atoms. The summed E-state index contributed by atoms with van der Waals surface area (Å²) >= 11 is 0. The Hall–Kier alpha value is -1.55. The highest BCUT2D eigenvalue weighted by molar-refractivity contribution is 5.14. The van der Waals surface area contributed by atoms with Crippen molar-refractivity contribution < 1.29 is 8.83 Å². The van der Waals surface area contributed by atoms with Crippen LogP contribution in [0.1, 0.15) is 23.0 Å². The first-order valence-corrected chi connectivity index (χ1v) is 4.90. The highest BCUT2D eigenvalue weighted by atomic mass is 16.4. The second-order valence-corrected chi connectivity index (χ2v) is 3.49. The van der Waals surface area contributed by atoms with E-state index in [1.807, 2.05) is 19.9 Å². The number of oxazole rings is 1. The van der Waals surface area contributed by atoms with Crippen molar-refractivity contribution >= 4 is 0 Å². The lowest BCUT2D eigenvalue weighted by Crippen LogP contribution is -2.12. The molecule has 0 aliphatic rings. The first kappa shape index (κ1) is 9.98. The van der Waals surface area contributed by atoms with E-state index in [0.29, 0.717) is 19.0 Å². The second-order valence-electron chi connectivity index (χ2n) is 3.49. The zero-order valence-corrected chi connectivity index (χ0v) is 8.91. The van der Waals surface area contributed by atoms with Crippen molar-refractivity contribution in [1.29, 1.82) is 0 Å². The van der Waals surface area contributed by atoms with Crippen LogP contribution in [0.4, 0.5) is 0 Å². The molecule has 15 heavy (non-hydrogen) atoms. The predicted octanol–water partition coefficient (Wildman–Crippen LogP) is 2.17. The highest BCUT2D eigenvalue weighted by Crippen LogP contribution is 2.08. The van der Waals surface area contributed by atoms with E-state index in [-0.39, 0.29) is 0 Å². The fourth-order valence-electron chi connectivity index (χ4n) is 1.35. The number of furan rings is 1. The summed E-state index contributed by atoms with van der Waals surface area (Å²) in [6, 6.07) is 1.95. The molecule has 0 saturated carbocycles. The summed E-state index contributed by atoms with van der Waals surface area (Å²) in [5, 5.41) is 3.21. The Labute approximate surface area is 88.3 Å². The molecule has 2 heterocycles. The van der Waals surface area contributed by atoms with E-state index in [1.165, 1.54) is 0 Å². The van der Waals surface area contributed by atoms with Crippen LogP contribution in [0.5, 0.6) is 0 Å². The average Bonchev–Trinajstić information content (AvgIpc) is 2.77. The van der Waals surface area contributed by atoms with Crippen LogP contribution >= 0.6 is 0 Å². The first-order chi connectivity index (χ1) is 7.25. The van der Waals surface area contributed by atoms with E-state index in [0.717, 1.165) is 17.1 Å². The zero-order valence-electron chi connectivity index (χ0n) is 8.91. The van der Waals surface area contributed by atoms with Gasteiger partial charge in [-0.3, -0.25) is 0 Å². The number of rotatable bonds is 4. The number of nitrogens with zero attached hydrogens (tertiary/aromatic N) is 1. The molecule has 2 aromatic rings. The molecular weight excluding hydrogens is 192 g/mol. The van der Waals surface area contributed by atoms with Gasteiger partial charge >= 0.3 is 0 Å². The van der Waals surface area contributed by atoms with Crippen LogP contribution in [0.15, 0.2) is 27.4 Å². The van der Waals surface area contributed by atoms with Gasteiger partial charge < -0.3 is 14.2 Å². The van der Waals surface area contributed by atoms with Crippen molar-refractivity contribution in [2.24, 2.45) is 0 Å². The van der Waals surface area contributed by atoms with Gasteiger partial charge in [-0.1, -0.05) is 0 Å². The van der Waals surface area contributed by atoms with E-state index in [4.69, 9.17) is 8.83 Å². The van der Waals surface area contributed by atoms with Gasteiger partial charge in [0.15, 0.2) is 0 Å². The third-order valence-corrected chi connectivity index (χ3v) is 2.20. The van der Waals surface area contributed by atoms with Gasteiger partial charge in [-0.05, 0) is 25.5 Å². The quantitative estimate of drug-likeness (QED) is 0.833. The molecule has 2 aromatic heterocycles. The number of aromatic nitrogens is 1. The lowest BCUT2D eigenvalue weighted by atomic mass is 10.3. The fraction of sp³-hybridized carbons (Fsp3) is 0.364. The van der Waals surface area contributed by atoms with Crippen LogP contribution in [-0.4, -0.2) is 4.98 Å². The summed E-state index contributed by atoms with van der Waals surface area (Å²) < 4.78 is 10.6. The molecule has 0 radical (unpaired) electrons. The Morgan fingerprint density at radius 3 is 2.80 bits per heavy atom. The molecule has 0 aliphatic carbocycles. The summed E-state index contributed by atoms with van der Waals surface area (Å²) in [6.45, 7) is 5.22. The summed E-state index contributed by atoms with van der Waals surface area (Å²) in [4.78, 5) is 4.10. The molecule has 0 bridgehead atoms. The standard InChI is InChI=1S/C11H14N2O2/c1-8-3-4-14-10(8)6-12-7-11-13-5-9(2)15-11/h3-5,12H,6-7H2,1-2H3. The molecule has 0 aromatic carbocycles. The second kappa shape index (κ2) is 4.31. The smallest absolute Gasteiger partial charge is 0.208 e. The fourth-order valence-corrected chi connectivity index (χ4v) is 1.35. The lowest BCUT2D eigenvalue weighted by molar-refractivity contribution is 0.430. The molecule has 4 heteroatoms. The van der Waals surface area contributed by atoms with Gasteiger partial charge in [-0.15, -0.1) is 0 Å². The van der Waals surface area contributed by atoms with Crippen LogP contribution in [0.25, 0.3) is 0 Å². The van der Waals surface area contributed by atoms with E-state index in [2.05, 4.69) is 10.3 Å². The van der Waals surface area contributed by atoms with Gasteiger partial charge in [0.1, 0.15) is 11.5 Å². The van der Waals surface area contributed by atoms with Gasteiger partial charge in [0.05, 0.1) is 25.5 Å². The number of aryl methyl sites for hydroxylation is 2. The molecular formula is C11H14N2O2. The first-order valence-electron chi connectivity index (χ1n) is 4.90. The molecule has 0 saturated heterocycles. The third-order valence-electron chi connectivity index (χ3n) is 2.20. The summed E-state index contributed by atoms with van der Waals surface area (Å²) in [7, 11) is 0.